The van der Waals surface area contributed by atoms with Gasteiger partial charge in [-0.3, -0.25) is 0 Å². The monoisotopic (exact) mass is 273 g/mol. The molecule has 2 heteroatoms. The van der Waals surface area contributed by atoms with Crippen LogP contribution in [0.3, 0.4) is 0 Å². The third-order valence-corrected chi connectivity index (χ3v) is 3.66. The van der Waals surface area contributed by atoms with Crippen LogP contribution in [0.5, 0.6) is 0 Å². The van der Waals surface area contributed by atoms with Gasteiger partial charge in [0.2, 0.25) is 0 Å². The molecule has 0 aliphatic rings. The average molecular weight is 274 g/mol. The van der Waals surface area contributed by atoms with Crippen LogP contribution in [-0.2, 0) is 13.0 Å². The summed E-state index contributed by atoms with van der Waals surface area (Å²) in [5.41, 5.74) is 4.93. The molecule has 1 nitrogen and oxygen atoms in total. The van der Waals surface area contributed by atoms with Gasteiger partial charge in [-0.05, 0) is 42.2 Å². The maximum atomic E-state index is 6.15. The highest BCUT2D eigenvalue weighted by atomic mass is 35.5. The molecule has 0 aliphatic heterocycles. The van der Waals surface area contributed by atoms with Gasteiger partial charge in [0, 0.05) is 17.3 Å². The fraction of sp³-hybridized carbons (Fsp3) is 0.294. The number of nitrogens with one attached hydrogen (secondary N) is 1. The van der Waals surface area contributed by atoms with E-state index in [0.29, 0.717) is 0 Å². The van der Waals surface area contributed by atoms with Crippen molar-refractivity contribution in [2.45, 2.75) is 33.2 Å². The molecule has 0 bridgehead atoms. The molecule has 0 atom stereocenters. The largest absolute Gasteiger partial charge is 0.381 e. The molecule has 0 aliphatic carbocycles. The van der Waals surface area contributed by atoms with E-state index in [-0.39, 0.29) is 0 Å². The lowest BCUT2D eigenvalue weighted by Crippen LogP contribution is -2.02. The molecule has 0 unspecified atom stereocenters. The van der Waals surface area contributed by atoms with E-state index in [9.17, 15) is 0 Å². The molecule has 1 N–H and O–H groups in total. The third-order valence-electron chi connectivity index (χ3n) is 3.26. The minimum absolute atomic E-state index is 0.806. The Morgan fingerprint density at radius 3 is 2.63 bits per heavy atom. The van der Waals surface area contributed by atoms with Crippen LogP contribution in [0.4, 0.5) is 5.69 Å². The molecule has 100 valence electrons. The standard InChI is InChI=1S/C17H20ClN/c1-3-6-15-7-4-5-8-17(15)19-12-14-10-9-13(2)16(18)11-14/h4-5,7-11,19H,3,6,12H2,1-2H3. The number of hydrogen-bond donors (Lipinski definition) is 1. The van der Waals surface area contributed by atoms with Crippen molar-refractivity contribution in [2.75, 3.05) is 5.32 Å². The maximum absolute atomic E-state index is 6.15. The van der Waals surface area contributed by atoms with E-state index in [1.807, 2.05) is 13.0 Å². The summed E-state index contributed by atoms with van der Waals surface area (Å²) in [4.78, 5) is 0. The molecule has 2 rings (SSSR count). The molecule has 0 saturated heterocycles. The summed E-state index contributed by atoms with van der Waals surface area (Å²) in [7, 11) is 0. The highest BCUT2D eigenvalue weighted by molar-refractivity contribution is 6.31. The summed E-state index contributed by atoms with van der Waals surface area (Å²) in [6.45, 7) is 5.04. The van der Waals surface area contributed by atoms with E-state index in [1.165, 1.54) is 16.8 Å². The van der Waals surface area contributed by atoms with Gasteiger partial charge in [0.05, 0.1) is 0 Å². The zero-order valence-corrected chi connectivity index (χ0v) is 12.3. The molecule has 0 amide bonds. The van der Waals surface area contributed by atoms with Crippen molar-refractivity contribution in [1.29, 1.82) is 0 Å². The van der Waals surface area contributed by atoms with Crippen molar-refractivity contribution < 1.29 is 0 Å². The van der Waals surface area contributed by atoms with Crippen molar-refractivity contribution >= 4 is 17.3 Å². The van der Waals surface area contributed by atoms with Crippen LogP contribution in [0.15, 0.2) is 42.5 Å². The number of aryl methyl sites for hydroxylation is 2. The quantitative estimate of drug-likeness (QED) is 0.788. The molecule has 0 spiro atoms. The van der Waals surface area contributed by atoms with Crippen LogP contribution >= 0.6 is 11.6 Å². The average Bonchev–Trinajstić information content (AvgIpc) is 2.42. The van der Waals surface area contributed by atoms with Gasteiger partial charge in [0.15, 0.2) is 0 Å². The minimum atomic E-state index is 0.806. The molecule has 0 aromatic heterocycles. The lowest BCUT2D eigenvalue weighted by molar-refractivity contribution is 0.919. The second-order valence-electron chi connectivity index (χ2n) is 4.84. The van der Waals surface area contributed by atoms with Gasteiger partial charge in [-0.25, -0.2) is 0 Å². The number of rotatable bonds is 5. The molecule has 0 saturated carbocycles. The maximum Gasteiger partial charge on any atom is 0.0438 e. The van der Waals surface area contributed by atoms with Crippen LogP contribution in [0, 0.1) is 6.92 Å². The second kappa shape index (κ2) is 6.63. The molecular formula is C17H20ClN. The Labute approximate surface area is 120 Å². The van der Waals surface area contributed by atoms with E-state index in [0.717, 1.165) is 30.0 Å². The Hall–Kier alpha value is -1.47. The van der Waals surface area contributed by atoms with Crippen LogP contribution in [-0.4, -0.2) is 0 Å². The smallest absolute Gasteiger partial charge is 0.0438 e. The van der Waals surface area contributed by atoms with Gasteiger partial charge in [0.25, 0.3) is 0 Å². The van der Waals surface area contributed by atoms with Crippen LogP contribution < -0.4 is 5.32 Å². The molecule has 0 radical (unpaired) electrons. The summed E-state index contributed by atoms with van der Waals surface area (Å²) in [5.74, 6) is 0. The summed E-state index contributed by atoms with van der Waals surface area (Å²) < 4.78 is 0. The van der Waals surface area contributed by atoms with Gasteiger partial charge in [-0.2, -0.15) is 0 Å². The molecule has 19 heavy (non-hydrogen) atoms. The van der Waals surface area contributed by atoms with Crippen LogP contribution in [0.1, 0.15) is 30.0 Å². The molecule has 2 aromatic carbocycles. The van der Waals surface area contributed by atoms with Gasteiger partial charge in [-0.15, -0.1) is 0 Å². The van der Waals surface area contributed by atoms with E-state index >= 15 is 0 Å². The van der Waals surface area contributed by atoms with Gasteiger partial charge >= 0.3 is 0 Å². The highest BCUT2D eigenvalue weighted by Gasteiger charge is 2.02. The SMILES string of the molecule is CCCc1ccccc1NCc1ccc(C)c(Cl)c1. The normalized spacial score (nSPS) is 10.5. The van der Waals surface area contributed by atoms with Crippen molar-refractivity contribution in [3.05, 3.63) is 64.2 Å². The highest BCUT2D eigenvalue weighted by Crippen LogP contribution is 2.20. The number of para-hydroxylation sites is 1. The Bertz CT molecular complexity index is 549. The van der Waals surface area contributed by atoms with Crippen molar-refractivity contribution in [2.24, 2.45) is 0 Å². The number of anilines is 1. The third kappa shape index (κ3) is 3.74. The van der Waals surface area contributed by atoms with E-state index in [2.05, 4.69) is 48.6 Å². The van der Waals surface area contributed by atoms with Gasteiger partial charge in [0.1, 0.15) is 0 Å². The Morgan fingerprint density at radius 2 is 1.89 bits per heavy atom. The number of halogens is 1. The topological polar surface area (TPSA) is 12.0 Å². The molecule has 2 aromatic rings. The number of hydrogen-bond acceptors (Lipinski definition) is 1. The van der Waals surface area contributed by atoms with E-state index in [4.69, 9.17) is 11.6 Å². The van der Waals surface area contributed by atoms with Crippen LogP contribution in [0.25, 0.3) is 0 Å². The van der Waals surface area contributed by atoms with Crippen molar-refractivity contribution in [3.8, 4) is 0 Å². The first-order valence-corrected chi connectivity index (χ1v) is 7.15. The first kappa shape index (κ1) is 14.0. The first-order chi connectivity index (χ1) is 9.20. The fourth-order valence-corrected chi connectivity index (χ4v) is 2.33. The number of benzene rings is 2. The predicted molar refractivity (Wildman–Crippen MR) is 84.0 cm³/mol. The second-order valence-corrected chi connectivity index (χ2v) is 5.25. The fourth-order valence-electron chi connectivity index (χ4n) is 2.12. The summed E-state index contributed by atoms with van der Waals surface area (Å²) in [5, 5.41) is 4.34. The minimum Gasteiger partial charge on any atom is -0.381 e. The Kier molecular flexibility index (Phi) is 4.86. The lowest BCUT2D eigenvalue weighted by atomic mass is 10.1. The molecule has 0 fully saturated rings. The predicted octanol–water partition coefficient (Wildman–Crippen LogP) is 5.21. The Balaban J connectivity index is 2.07. The van der Waals surface area contributed by atoms with E-state index in [1.54, 1.807) is 0 Å². The van der Waals surface area contributed by atoms with Crippen LogP contribution in [0.2, 0.25) is 5.02 Å². The zero-order chi connectivity index (χ0) is 13.7. The van der Waals surface area contributed by atoms with E-state index < -0.39 is 0 Å². The molecule has 0 heterocycles. The first-order valence-electron chi connectivity index (χ1n) is 6.77. The van der Waals surface area contributed by atoms with Crippen molar-refractivity contribution in [1.82, 2.24) is 0 Å². The summed E-state index contributed by atoms with van der Waals surface area (Å²) >= 11 is 6.15. The van der Waals surface area contributed by atoms with Gasteiger partial charge < -0.3 is 5.32 Å². The van der Waals surface area contributed by atoms with Gasteiger partial charge in [-0.1, -0.05) is 55.3 Å². The summed E-state index contributed by atoms with van der Waals surface area (Å²) in [6.07, 6.45) is 2.27. The zero-order valence-electron chi connectivity index (χ0n) is 11.5. The Morgan fingerprint density at radius 1 is 1.11 bits per heavy atom. The summed E-state index contributed by atoms with van der Waals surface area (Å²) in [6, 6.07) is 14.7. The molecular weight excluding hydrogens is 254 g/mol. The lowest BCUT2D eigenvalue weighted by Gasteiger charge is -2.12. The van der Waals surface area contributed by atoms with Crippen molar-refractivity contribution in [3.63, 3.8) is 0 Å².